The molecule has 0 saturated heterocycles. The number of aliphatic hydroxyl groups excluding tert-OH is 1. The van der Waals surface area contributed by atoms with Crippen molar-refractivity contribution in [3.05, 3.63) is 42.5 Å². The maximum atomic E-state index is 9.33. The fourth-order valence-corrected chi connectivity index (χ4v) is 2.12. The van der Waals surface area contributed by atoms with Crippen LogP contribution in [0.25, 0.3) is 0 Å². The van der Waals surface area contributed by atoms with Crippen LogP contribution >= 0.6 is 0 Å². The molecule has 3 heteroatoms. The molecule has 0 amide bonds. The average Bonchev–Trinajstić information content (AvgIpc) is 2.53. The molecule has 1 aromatic rings. The SMILES string of the molecule is C=CC(O)CCCCCCCOCc1ccc(OC)cc1. The van der Waals surface area contributed by atoms with Gasteiger partial charge in [0.05, 0.1) is 19.8 Å². The fourth-order valence-electron chi connectivity index (χ4n) is 2.12. The summed E-state index contributed by atoms with van der Waals surface area (Å²) in [5, 5.41) is 9.33. The molecule has 118 valence electrons. The van der Waals surface area contributed by atoms with Crippen molar-refractivity contribution in [3.63, 3.8) is 0 Å². The average molecular weight is 292 g/mol. The van der Waals surface area contributed by atoms with Crippen molar-refractivity contribution in [2.75, 3.05) is 13.7 Å². The molecule has 0 aromatic heterocycles. The molecule has 3 nitrogen and oxygen atoms in total. The van der Waals surface area contributed by atoms with E-state index >= 15 is 0 Å². The second-order valence-electron chi connectivity index (χ2n) is 5.26. The van der Waals surface area contributed by atoms with E-state index < -0.39 is 0 Å². The van der Waals surface area contributed by atoms with E-state index in [4.69, 9.17) is 9.47 Å². The maximum Gasteiger partial charge on any atom is 0.118 e. The van der Waals surface area contributed by atoms with Gasteiger partial charge in [0.25, 0.3) is 0 Å². The van der Waals surface area contributed by atoms with Gasteiger partial charge in [0.1, 0.15) is 5.75 Å². The van der Waals surface area contributed by atoms with Crippen molar-refractivity contribution in [1.29, 1.82) is 0 Å². The minimum absolute atomic E-state index is 0.335. The zero-order chi connectivity index (χ0) is 15.3. The Balaban J connectivity index is 1.93. The van der Waals surface area contributed by atoms with Crippen molar-refractivity contribution >= 4 is 0 Å². The highest BCUT2D eigenvalue weighted by atomic mass is 16.5. The monoisotopic (exact) mass is 292 g/mol. The largest absolute Gasteiger partial charge is 0.497 e. The van der Waals surface area contributed by atoms with Gasteiger partial charge in [0.2, 0.25) is 0 Å². The summed E-state index contributed by atoms with van der Waals surface area (Å²) >= 11 is 0. The molecule has 0 aliphatic rings. The molecule has 0 aliphatic heterocycles. The molecule has 1 atom stereocenters. The van der Waals surface area contributed by atoms with Crippen molar-refractivity contribution in [2.24, 2.45) is 0 Å². The highest BCUT2D eigenvalue weighted by Crippen LogP contribution is 2.12. The number of methoxy groups -OCH3 is 1. The Labute approximate surface area is 128 Å². The maximum absolute atomic E-state index is 9.33. The van der Waals surface area contributed by atoms with Crippen LogP contribution in [-0.2, 0) is 11.3 Å². The molecular formula is C18H28O3. The van der Waals surface area contributed by atoms with Crippen molar-refractivity contribution in [1.82, 2.24) is 0 Å². The van der Waals surface area contributed by atoms with E-state index in [-0.39, 0.29) is 6.10 Å². The third-order valence-electron chi connectivity index (χ3n) is 3.49. The van der Waals surface area contributed by atoms with E-state index in [2.05, 4.69) is 6.58 Å². The lowest BCUT2D eigenvalue weighted by Gasteiger charge is -2.06. The molecule has 1 rings (SSSR count). The fraction of sp³-hybridized carbons (Fsp3) is 0.556. The number of aliphatic hydroxyl groups is 1. The van der Waals surface area contributed by atoms with Gasteiger partial charge in [-0.25, -0.2) is 0 Å². The Kier molecular flexibility index (Phi) is 9.58. The molecule has 0 fully saturated rings. The minimum atomic E-state index is -0.335. The zero-order valence-corrected chi connectivity index (χ0v) is 13.1. The lowest BCUT2D eigenvalue weighted by Crippen LogP contribution is -2.00. The Bertz CT molecular complexity index is 373. The van der Waals surface area contributed by atoms with Crippen LogP contribution in [0.1, 0.15) is 44.1 Å². The number of benzene rings is 1. The number of rotatable bonds is 12. The summed E-state index contributed by atoms with van der Waals surface area (Å²) in [7, 11) is 1.67. The molecule has 1 N–H and O–H groups in total. The second-order valence-corrected chi connectivity index (χ2v) is 5.26. The third-order valence-corrected chi connectivity index (χ3v) is 3.49. The molecule has 21 heavy (non-hydrogen) atoms. The van der Waals surface area contributed by atoms with Gasteiger partial charge in [0, 0.05) is 6.61 Å². The highest BCUT2D eigenvalue weighted by Gasteiger charge is 1.98. The minimum Gasteiger partial charge on any atom is -0.497 e. The van der Waals surface area contributed by atoms with Crippen LogP contribution in [-0.4, -0.2) is 24.9 Å². The number of hydrogen-bond acceptors (Lipinski definition) is 3. The molecule has 0 bridgehead atoms. The van der Waals surface area contributed by atoms with Crippen LogP contribution < -0.4 is 4.74 Å². The summed E-state index contributed by atoms with van der Waals surface area (Å²) in [5.74, 6) is 0.875. The molecule has 0 aliphatic carbocycles. The smallest absolute Gasteiger partial charge is 0.118 e. The van der Waals surface area contributed by atoms with Gasteiger partial charge in [-0.1, -0.05) is 43.9 Å². The summed E-state index contributed by atoms with van der Waals surface area (Å²) in [4.78, 5) is 0. The molecule has 1 aromatic carbocycles. The molecule has 0 radical (unpaired) electrons. The third kappa shape index (κ3) is 8.53. The normalized spacial score (nSPS) is 12.1. The predicted molar refractivity (Wildman–Crippen MR) is 86.6 cm³/mol. The molecule has 1 unspecified atom stereocenters. The highest BCUT2D eigenvalue weighted by molar-refractivity contribution is 5.26. The molecule has 0 heterocycles. The molecule has 0 saturated carbocycles. The van der Waals surface area contributed by atoms with Gasteiger partial charge in [0.15, 0.2) is 0 Å². The summed E-state index contributed by atoms with van der Waals surface area (Å²) in [6.45, 7) is 5.04. The standard InChI is InChI=1S/C18H28O3/c1-3-17(19)9-7-5-4-6-8-14-21-15-16-10-12-18(20-2)13-11-16/h3,10-13,17,19H,1,4-9,14-15H2,2H3. The Morgan fingerprint density at radius 3 is 2.43 bits per heavy atom. The number of unbranched alkanes of at least 4 members (excludes halogenated alkanes) is 4. The topological polar surface area (TPSA) is 38.7 Å². The van der Waals surface area contributed by atoms with Crippen LogP contribution in [0, 0.1) is 0 Å². The summed E-state index contributed by atoms with van der Waals surface area (Å²) < 4.78 is 10.8. The van der Waals surface area contributed by atoms with E-state index in [1.807, 2.05) is 24.3 Å². The van der Waals surface area contributed by atoms with Gasteiger partial charge < -0.3 is 14.6 Å². The first-order valence-electron chi connectivity index (χ1n) is 7.77. The lowest BCUT2D eigenvalue weighted by molar-refractivity contribution is 0.116. The molecule has 0 spiro atoms. The summed E-state index contributed by atoms with van der Waals surface area (Å²) in [6, 6.07) is 7.97. The number of hydrogen-bond donors (Lipinski definition) is 1. The van der Waals surface area contributed by atoms with Crippen LogP contribution in [0.5, 0.6) is 5.75 Å². The first kappa shape index (κ1) is 17.7. The van der Waals surface area contributed by atoms with Gasteiger partial charge >= 0.3 is 0 Å². The zero-order valence-electron chi connectivity index (χ0n) is 13.1. The second kappa shape index (κ2) is 11.4. The van der Waals surface area contributed by atoms with E-state index in [1.165, 1.54) is 24.8 Å². The van der Waals surface area contributed by atoms with Crippen molar-refractivity contribution in [3.8, 4) is 5.75 Å². The van der Waals surface area contributed by atoms with Crippen LogP contribution in [0.2, 0.25) is 0 Å². The Morgan fingerprint density at radius 1 is 1.10 bits per heavy atom. The lowest BCUT2D eigenvalue weighted by atomic mass is 10.1. The van der Waals surface area contributed by atoms with Crippen LogP contribution in [0.3, 0.4) is 0 Å². The van der Waals surface area contributed by atoms with Gasteiger partial charge in [-0.2, -0.15) is 0 Å². The Hall–Kier alpha value is -1.32. The first-order valence-corrected chi connectivity index (χ1v) is 7.77. The summed E-state index contributed by atoms with van der Waals surface area (Å²) in [5.41, 5.74) is 1.18. The number of ether oxygens (including phenoxy) is 2. The van der Waals surface area contributed by atoms with Gasteiger partial charge in [-0.05, 0) is 30.5 Å². The first-order chi connectivity index (χ1) is 10.3. The van der Waals surface area contributed by atoms with Gasteiger partial charge in [-0.3, -0.25) is 0 Å². The van der Waals surface area contributed by atoms with E-state index in [0.717, 1.165) is 31.6 Å². The predicted octanol–water partition coefficient (Wildman–Crippen LogP) is 4.10. The Morgan fingerprint density at radius 2 is 1.76 bits per heavy atom. The van der Waals surface area contributed by atoms with E-state index in [9.17, 15) is 5.11 Å². The van der Waals surface area contributed by atoms with E-state index in [0.29, 0.717) is 6.61 Å². The van der Waals surface area contributed by atoms with Crippen molar-refractivity contribution in [2.45, 2.75) is 51.2 Å². The van der Waals surface area contributed by atoms with Crippen LogP contribution in [0.4, 0.5) is 0 Å². The quantitative estimate of drug-likeness (QED) is 0.465. The molecular weight excluding hydrogens is 264 g/mol. The van der Waals surface area contributed by atoms with Crippen molar-refractivity contribution < 1.29 is 14.6 Å². The van der Waals surface area contributed by atoms with E-state index in [1.54, 1.807) is 13.2 Å². The summed E-state index contributed by atoms with van der Waals surface area (Å²) in [6.07, 6.45) is 7.83. The van der Waals surface area contributed by atoms with Gasteiger partial charge in [-0.15, -0.1) is 6.58 Å². The van der Waals surface area contributed by atoms with Crippen LogP contribution in [0.15, 0.2) is 36.9 Å².